The molecule has 0 fully saturated rings. The number of benzene rings is 2. The first-order valence-corrected chi connectivity index (χ1v) is 7.76. The quantitative estimate of drug-likeness (QED) is 0.781. The summed E-state index contributed by atoms with van der Waals surface area (Å²) >= 11 is 2.45. The average Bonchev–Trinajstić information content (AvgIpc) is 2.41. The van der Waals surface area contributed by atoms with Crippen LogP contribution in [0.1, 0.15) is 35.2 Å². The van der Waals surface area contributed by atoms with Crippen LogP contribution < -0.4 is 5.32 Å². The van der Waals surface area contributed by atoms with Crippen molar-refractivity contribution in [1.29, 1.82) is 0 Å². The SMILES string of the molecule is CCNC(c1ccc(C)cc1)c1cccc(C)c1I. The van der Waals surface area contributed by atoms with Gasteiger partial charge in [0.05, 0.1) is 6.04 Å². The van der Waals surface area contributed by atoms with Crippen molar-refractivity contribution < 1.29 is 0 Å². The van der Waals surface area contributed by atoms with Gasteiger partial charge in [0, 0.05) is 3.57 Å². The van der Waals surface area contributed by atoms with Gasteiger partial charge in [-0.2, -0.15) is 0 Å². The lowest BCUT2D eigenvalue weighted by molar-refractivity contribution is 0.627. The average molecular weight is 365 g/mol. The van der Waals surface area contributed by atoms with Gasteiger partial charge < -0.3 is 5.32 Å². The summed E-state index contributed by atoms with van der Waals surface area (Å²) in [5.41, 5.74) is 5.34. The predicted octanol–water partition coefficient (Wildman–Crippen LogP) is 4.61. The third kappa shape index (κ3) is 3.37. The van der Waals surface area contributed by atoms with Gasteiger partial charge in [-0.15, -0.1) is 0 Å². The molecule has 0 aliphatic carbocycles. The van der Waals surface area contributed by atoms with E-state index in [1.807, 2.05) is 0 Å². The van der Waals surface area contributed by atoms with Gasteiger partial charge in [-0.3, -0.25) is 0 Å². The zero-order valence-electron chi connectivity index (χ0n) is 11.7. The Labute approximate surface area is 129 Å². The highest BCUT2D eigenvalue weighted by molar-refractivity contribution is 14.1. The largest absolute Gasteiger partial charge is 0.306 e. The molecule has 2 aromatic carbocycles. The Hall–Kier alpha value is -0.870. The van der Waals surface area contributed by atoms with Crippen molar-refractivity contribution in [2.75, 3.05) is 6.54 Å². The van der Waals surface area contributed by atoms with Crippen LogP contribution in [0.4, 0.5) is 0 Å². The van der Waals surface area contributed by atoms with E-state index in [9.17, 15) is 0 Å². The first-order valence-electron chi connectivity index (χ1n) is 6.68. The van der Waals surface area contributed by atoms with Gasteiger partial charge in [-0.05, 0) is 59.7 Å². The maximum absolute atomic E-state index is 3.60. The van der Waals surface area contributed by atoms with E-state index < -0.39 is 0 Å². The van der Waals surface area contributed by atoms with Gasteiger partial charge in [0.1, 0.15) is 0 Å². The molecular weight excluding hydrogens is 345 g/mol. The minimum atomic E-state index is 0.275. The molecule has 0 saturated heterocycles. The molecule has 1 unspecified atom stereocenters. The molecule has 2 rings (SSSR count). The van der Waals surface area contributed by atoms with Crippen LogP contribution in [-0.2, 0) is 0 Å². The van der Waals surface area contributed by atoms with Crippen LogP contribution in [0.15, 0.2) is 42.5 Å². The number of halogens is 1. The molecule has 2 heteroatoms. The normalized spacial score (nSPS) is 12.4. The molecule has 1 atom stereocenters. The Morgan fingerprint density at radius 2 is 1.74 bits per heavy atom. The monoisotopic (exact) mass is 365 g/mol. The standard InChI is InChI=1S/C17H20IN/c1-4-19-17(14-10-8-12(2)9-11-14)15-7-5-6-13(3)16(15)18/h5-11,17,19H,4H2,1-3H3. The molecule has 19 heavy (non-hydrogen) atoms. The maximum Gasteiger partial charge on any atom is 0.0587 e. The maximum atomic E-state index is 3.60. The molecular formula is C17H20IN. The van der Waals surface area contributed by atoms with Crippen LogP contribution >= 0.6 is 22.6 Å². The van der Waals surface area contributed by atoms with E-state index in [4.69, 9.17) is 0 Å². The first-order chi connectivity index (χ1) is 9.13. The van der Waals surface area contributed by atoms with Crippen molar-refractivity contribution in [1.82, 2.24) is 5.32 Å². The molecule has 0 radical (unpaired) electrons. The van der Waals surface area contributed by atoms with Crippen LogP contribution in [0.2, 0.25) is 0 Å². The van der Waals surface area contributed by atoms with E-state index in [2.05, 4.69) is 91.1 Å². The molecule has 0 amide bonds. The van der Waals surface area contributed by atoms with Gasteiger partial charge >= 0.3 is 0 Å². The fourth-order valence-electron chi connectivity index (χ4n) is 2.26. The second kappa shape index (κ2) is 6.53. The van der Waals surface area contributed by atoms with E-state index in [1.165, 1.54) is 25.8 Å². The van der Waals surface area contributed by atoms with Crippen molar-refractivity contribution in [3.63, 3.8) is 0 Å². The van der Waals surface area contributed by atoms with E-state index in [0.29, 0.717) is 0 Å². The van der Waals surface area contributed by atoms with Gasteiger partial charge in [-0.1, -0.05) is 55.0 Å². The van der Waals surface area contributed by atoms with E-state index in [1.54, 1.807) is 0 Å². The van der Waals surface area contributed by atoms with Gasteiger partial charge in [-0.25, -0.2) is 0 Å². The zero-order chi connectivity index (χ0) is 13.8. The van der Waals surface area contributed by atoms with Crippen LogP contribution in [0.3, 0.4) is 0 Å². The van der Waals surface area contributed by atoms with Crippen LogP contribution in [0.5, 0.6) is 0 Å². The topological polar surface area (TPSA) is 12.0 Å². The number of rotatable bonds is 4. The van der Waals surface area contributed by atoms with Crippen molar-refractivity contribution in [3.05, 3.63) is 68.3 Å². The van der Waals surface area contributed by atoms with E-state index in [-0.39, 0.29) is 6.04 Å². The Morgan fingerprint density at radius 1 is 1.05 bits per heavy atom. The minimum Gasteiger partial charge on any atom is -0.306 e. The lowest BCUT2D eigenvalue weighted by Gasteiger charge is -2.21. The highest BCUT2D eigenvalue weighted by atomic mass is 127. The molecule has 1 N–H and O–H groups in total. The second-order valence-corrected chi connectivity index (χ2v) is 5.96. The number of hydrogen-bond donors (Lipinski definition) is 1. The minimum absolute atomic E-state index is 0.275. The Balaban J connectivity index is 2.45. The molecule has 0 aliphatic heterocycles. The number of hydrogen-bond acceptors (Lipinski definition) is 1. The smallest absolute Gasteiger partial charge is 0.0587 e. The molecule has 0 aromatic heterocycles. The summed E-state index contributed by atoms with van der Waals surface area (Å²) in [6.45, 7) is 7.41. The second-order valence-electron chi connectivity index (χ2n) is 4.88. The molecule has 2 aromatic rings. The summed E-state index contributed by atoms with van der Waals surface area (Å²) in [6.07, 6.45) is 0. The van der Waals surface area contributed by atoms with Crippen molar-refractivity contribution in [2.45, 2.75) is 26.8 Å². The molecule has 0 spiro atoms. The lowest BCUT2D eigenvalue weighted by Crippen LogP contribution is -2.23. The van der Waals surface area contributed by atoms with Gasteiger partial charge in [0.25, 0.3) is 0 Å². The summed E-state index contributed by atoms with van der Waals surface area (Å²) in [6, 6.07) is 15.6. The summed E-state index contributed by atoms with van der Waals surface area (Å²) in [5, 5.41) is 3.60. The number of nitrogens with one attached hydrogen (secondary N) is 1. The van der Waals surface area contributed by atoms with Crippen molar-refractivity contribution >= 4 is 22.6 Å². The molecule has 100 valence electrons. The fourth-order valence-corrected chi connectivity index (χ4v) is 2.93. The van der Waals surface area contributed by atoms with Crippen molar-refractivity contribution in [2.24, 2.45) is 0 Å². The highest BCUT2D eigenvalue weighted by Gasteiger charge is 2.16. The molecule has 1 nitrogen and oxygen atoms in total. The zero-order valence-corrected chi connectivity index (χ0v) is 13.9. The summed E-state index contributed by atoms with van der Waals surface area (Å²) in [7, 11) is 0. The van der Waals surface area contributed by atoms with E-state index in [0.717, 1.165) is 6.54 Å². The lowest BCUT2D eigenvalue weighted by atomic mass is 9.96. The Bertz CT molecular complexity index is 546. The fraction of sp³-hybridized carbons (Fsp3) is 0.294. The third-order valence-corrected chi connectivity index (χ3v) is 4.83. The molecule has 0 bridgehead atoms. The van der Waals surface area contributed by atoms with Crippen molar-refractivity contribution in [3.8, 4) is 0 Å². The third-order valence-electron chi connectivity index (χ3n) is 3.35. The Morgan fingerprint density at radius 3 is 2.37 bits per heavy atom. The van der Waals surface area contributed by atoms with Crippen LogP contribution in [0.25, 0.3) is 0 Å². The molecule has 0 heterocycles. The van der Waals surface area contributed by atoms with E-state index >= 15 is 0 Å². The summed E-state index contributed by atoms with van der Waals surface area (Å²) in [5.74, 6) is 0. The predicted molar refractivity (Wildman–Crippen MR) is 90.6 cm³/mol. The van der Waals surface area contributed by atoms with Gasteiger partial charge in [0.15, 0.2) is 0 Å². The first kappa shape index (κ1) is 14.5. The summed E-state index contributed by atoms with van der Waals surface area (Å²) in [4.78, 5) is 0. The Kier molecular flexibility index (Phi) is 4.99. The van der Waals surface area contributed by atoms with Crippen LogP contribution in [-0.4, -0.2) is 6.54 Å². The van der Waals surface area contributed by atoms with Gasteiger partial charge in [0.2, 0.25) is 0 Å². The van der Waals surface area contributed by atoms with Crippen LogP contribution in [0, 0.1) is 17.4 Å². The summed E-state index contributed by atoms with van der Waals surface area (Å²) < 4.78 is 1.35. The number of aryl methyl sites for hydroxylation is 2. The molecule has 0 saturated carbocycles. The molecule has 0 aliphatic rings. The highest BCUT2D eigenvalue weighted by Crippen LogP contribution is 2.28.